The van der Waals surface area contributed by atoms with Gasteiger partial charge in [0.1, 0.15) is 11.9 Å². The zero-order valence-electron chi connectivity index (χ0n) is 21.0. The summed E-state index contributed by atoms with van der Waals surface area (Å²) < 4.78 is 25.1. The zero-order valence-corrected chi connectivity index (χ0v) is 22.6. The topological polar surface area (TPSA) is 94.8 Å². The van der Waals surface area contributed by atoms with Crippen LogP contribution in [0.15, 0.2) is 48.7 Å². The minimum Gasteiger partial charge on any atom is -0.482 e. The zero-order chi connectivity index (χ0) is 27.4. The van der Waals surface area contributed by atoms with Gasteiger partial charge in [-0.2, -0.15) is 0 Å². The van der Waals surface area contributed by atoms with E-state index in [1.54, 1.807) is 43.1 Å². The molecule has 1 aromatic heterocycles. The highest BCUT2D eigenvalue weighted by molar-refractivity contribution is 6.36. The normalized spacial score (nSPS) is 14.7. The molecule has 2 heterocycles. The van der Waals surface area contributed by atoms with Gasteiger partial charge in [-0.15, -0.1) is 0 Å². The molecule has 0 spiro atoms. The van der Waals surface area contributed by atoms with Gasteiger partial charge in [0.15, 0.2) is 11.6 Å². The number of anilines is 1. The minimum atomic E-state index is -0.696. The standard InChI is InChI=1S/C28H28Cl2FN3O4/c1-3-37-28(36)19-10-12-34(13-11-19)27(35)18-6-4-17(5-7-18)20-14-23(26(32)33-15-20)38-16(2)24-21(29)8-9-22(31)25(24)30/h4-9,14-16,19H,3,10-13H2,1-2H3,(H2,32,33). The van der Waals surface area contributed by atoms with Crippen LogP contribution in [0.25, 0.3) is 11.1 Å². The Balaban J connectivity index is 1.46. The largest absolute Gasteiger partial charge is 0.482 e. The monoisotopic (exact) mass is 559 g/mol. The van der Waals surface area contributed by atoms with Crippen LogP contribution < -0.4 is 10.5 Å². The van der Waals surface area contributed by atoms with Crippen molar-refractivity contribution in [1.82, 2.24) is 9.88 Å². The molecule has 4 rings (SSSR count). The molecule has 7 nitrogen and oxygen atoms in total. The van der Waals surface area contributed by atoms with Crippen molar-refractivity contribution in [1.29, 1.82) is 0 Å². The maximum absolute atomic E-state index is 14.0. The van der Waals surface area contributed by atoms with Gasteiger partial charge < -0.3 is 20.1 Å². The molecule has 1 fully saturated rings. The van der Waals surface area contributed by atoms with E-state index in [9.17, 15) is 14.0 Å². The predicted molar refractivity (Wildman–Crippen MR) is 145 cm³/mol. The van der Waals surface area contributed by atoms with Gasteiger partial charge in [0.05, 0.1) is 17.5 Å². The summed E-state index contributed by atoms with van der Waals surface area (Å²) in [5, 5.41) is 0.162. The van der Waals surface area contributed by atoms with E-state index >= 15 is 0 Å². The highest BCUT2D eigenvalue weighted by atomic mass is 35.5. The fourth-order valence-corrected chi connectivity index (χ4v) is 5.12. The Morgan fingerprint density at radius 3 is 2.47 bits per heavy atom. The van der Waals surface area contributed by atoms with E-state index in [0.717, 1.165) is 5.56 Å². The molecule has 10 heteroatoms. The first kappa shape index (κ1) is 27.7. The van der Waals surface area contributed by atoms with E-state index in [4.69, 9.17) is 38.4 Å². The second-order valence-electron chi connectivity index (χ2n) is 9.02. The van der Waals surface area contributed by atoms with Crippen LogP contribution in [0.1, 0.15) is 48.7 Å². The molecule has 0 radical (unpaired) electrons. The number of aromatic nitrogens is 1. The molecule has 3 aromatic rings. The molecule has 0 aliphatic carbocycles. The van der Waals surface area contributed by atoms with E-state index in [0.29, 0.717) is 49.2 Å². The number of piperidine rings is 1. The number of pyridine rings is 1. The van der Waals surface area contributed by atoms with Crippen molar-refractivity contribution in [2.24, 2.45) is 5.92 Å². The highest BCUT2D eigenvalue weighted by Crippen LogP contribution is 2.37. The van der Waals surface area contributed by atoms with Crippen LogP contribution in [0, 0.1) is 11.7 Å². The average molecular weight is 560 g/mol. The van der Waals surface area contributed by atoms with Gasteiger partial charge in [-0.3, -0.25) is 9.59 Å². The Hall–Kier alpha value is -3.36. The second-order valence-corrected chi connectivity index (χ2v) is 9.81. The Bertz CT molecular complexity index is 1330. The van der Waals surface area contributed by atoms with Crippen molar-refractivity contribution < 1.29 is 23.5 Å². The Morgan fingerprint density at radius 1 is 1.13 bits per heavy atom. The van der Waals surface area contributed by atoms with Crippen LogP contribution in [0.4, 0.5) is 10.2 Å². The van der Waals surface area contributed by atoms with Gasteiger partial charge in [0.2, 0.25) is 0 Å². The SMILES string of the molecule is CCOC(=O)C1CCN(C(=O)c2ccc(-c3cnc(N)c(OC(C)c4c(Cl)ccc(F)c4Cl)c3)cc2)CC1. The van der Waals surface area contributed by atoms with E-state index in [-0.39, 0.29) is 39.4 Å². The number of nitrogen functional groups attached to an aromatic ring is 1. The van der Waals surface area contributed by atoms with E-state index < -0.39 is 11.9 Å². The number of ether oxygens (including phenoxy) is 2. The van der Waals surface area contributed by atoms with Crippen molar-refractivity contribution in [2.45, 2.75) is 32.8 Å². The lowest BCUT2D eigenvalue weighted by Crippen LogP contribution is -2.40. The Morgan fingerprint density at radius 2 is 1.82 bits per heavy atom. The van der Waals surface area contributed by atoms with Gasteiger partial charge in [-0.25, -0.2) is 9.37 Å². The van der Waals surface area contributed by atoms with Crippen LogP contribution in [0.3, 0.4) is 0 Å². The maximum atomic E-state index is 14.0. The molecule has 1 aliphatic heterocycles. The van der Waals surface area contributed by atoms with Gasteiger partial charge in [-0.05, 0) is 62.6 Å². The average Bonchev–Trinajstić information content (AvgIpc) is 2.92. The number of nitrogens with two attached hydrogens (primary N) is 1. The number of benzene rings is 2. The van der Waals surface area contributed by atoms with Crippen LogP contribution in [0.2, 0.25) is 10.0 Å². The number of halogens is 3. The Labute approximate surface area is 230 Å². The number of esters is 1. The number of carbonyl (C=O) groups is 2. The summed E-state index contributed by atoms with van der Waals surface area (Å²) >= 11 is 12.3. The van der Waals surface area contributed by atoms with Crippen molar-refractivity contribution in [2.75, 3.05) is 25.4 Å². The maximum Gasteiger partial charge on any atom is 0.309 e. The molecule has 1 unspecified atom stereocenters. The van der Waals surface area contributed by atoms with Crippen molar-refractivity contribution in [3.8, 4) is 16.9 Å². The minimum absolute atomic E-state index is 0.0870. The lowest BCUT2D eigenvalue weighted by atomic mass is 9.96. The molecule has 2 N–H and O–H groups in total. The summed E-state index contributed by atoms with van der Waals surface area (Å²) in [6, 6.07) is 11.5. The molecule has 1 atom stereocenters. The number of hydrogen-bond donors (Lipinski definition) is 1. The van der Waals surface area contributed by atoms with Gasteiger partial charge >= 0.3 is 5.97 Å². The molecule has 38 heavy (non-hydrogen) atoms. The number of rotatable bonds is 7. The first-order valence-corrected chi connectivity index (χ1v) is 13.1. The third-order valence-corrected chi connectivity index (χ3v) is 7.25. The van der Waals surface area contributed by atoms with Crippen molar-refractivity contribution in [3.63, 3.8) is 0 Å². The molecular weight excluding hydrogens is 532 g/mol. The number of hydrogen-bond acceptors (Lipinski definition) is 6. The first-order chi connectivity index (χ1) is 18.2. The van der Waals surface area contributed by atoms with E-state index in [2.05, 4.69) is 4.98 Å². The molecule has 2 aromatic carbocycles. The lowest BCUT2D eigenvalue weighted by molar-refractivity contribution is -0.149. The predicted octanol–water partition coefficient (Wildman–Crippen LogP) is 6.33. The molecular formula is C28H28Cl2FN3O4. The van der Waals surface area contributed by atoms with Crippen LogP contribution in [-0.2, 0) is 9.53 Å². The molecule has 200 valence electrons. The number of carbonyl (C=O) groups excluding carboxylic acids is 2. The smallest absolute Gasteiger partial charge is 0.309 e. The third-order valence-electron chi connectivity index (χ3n) is 6.54. The van der Waals surface area contributed by atoms with Crippen LogP contribution in [0.5, 0.6) is 5.75 Å². The van der Waals surface area contributed by atoms with E-state index in [1.807, 2.05) is 12.1 Å². The fourth-order valence-electron chi connectivity index (χ4n) is 4.44. The van der Waals surface area contributed by atoms with Gasteiger partial charge in [-0.1, -0.05) is 35.3 Å². The summed E-state index contributed by atoms with van der Waals surface area (Å²) in [6.07, 6.45) is 2.09. The molecule has 1 aliphatic rings. The highest BCUT2D eigenvalue weighted by Gasteiger charge is 2.28. The van der Waals surface area contributed by atoms with Crippen LogP contribution in [-0.4, -0.2) is 41.5 Å². The molecule has 1 saturated heterocycles. The van der Waals surface area contributed by atoms with Crippen molar-refractivity contribution in [3.05, 3.63) is 75.7 Å². The summed E-state index contributed by atoms with van der Waals surface area (Å²) in [5.74, 6) is -0.596. The number of nitrogens with zero attached hydrogens (tertiary/aromatic N) is 2. The number of likely N-dealkylation sites (tertiary alicyclic amines) is 1. The quantitative estimate of drug-likeness (QED) is 0.268. The first-order valence-electron chi connectivity index (χ1n) is 12.3. The van der Waals surface area contributed by atoms with E-state index in [1.165, 1.54) is 12.1 Å². The molecule has 1 amide bonds. The summed E-state index contributed by atoms with van der Waals surface area (Å²) in [4.78, 5) is 30.9. The summed E-state index contributed by atoms with van der Waals surface area (Å²) in [5.41, 5.74) is 8.41. The fraction of sp³-hybridized carbons (Fsp3) is 0.321. The third kappa shape index (κ3) is 6.03. The number of amides is 1. The summed E-state index contributed by atoms with van der Waals surface area (Å²) in [7, 11) is 0. The second kappa shape index (κ2) is 12.0. The van der Waals surface area contributed by atoms with Crippen LogP contribution >= 0.6 is 23.2 Å². The van der Waals surface area contributed by atoms with Gasteiger partial charge in [0.25, 0.3) is 5.91 Å². The summed E-state index contributed by atoms with van der Waals surface area (Å²) in [6.45, 7) is 4.84. The molecule has 0 bridgehead atoms. The Kier molecular flexibility index (Phi) is 8.74. The van der Waals surface area contributed by atoms with Gasteiger partial charge in [0, 0.05) is 41.0 Å². The lowest BCUT2D eigenvalue weighted by Gasteiger charge is -2.31. The van der Waals surface area contributed by atoms with Crippen molar-refractivity contribution >= 4 is 40.9 Å². The molecule has 0 saturated carbocycles.